The Hall–Kier alpha value is -0.300. The predicted octanol–water partition coefficient (Wildman–Crippen LogP) is 4.01. The van der Waals surface area contributed by atoms with Gasteiger partial charge in [0.05, 0.1) is 0 Å². The highest BCUT2D eigenvalue weighted by atomic mass is 79.9. The number of alkyl halides is 1. The summed E-state index contributed by atoms with van der Waals surface area (Å²) in [6.45, 7) is 6.67. The molecule has 1 aromatic carbocycles. The lowest BCUT2D eigenvalue weighted by Gasteiger charge is -2.13. The lowest BCUT2D eigenvalue weighted by Crippen LogP contribution is -1.97. The van der Waals surface area contributed by atoms with Crippen LogP contribution >= 0.6 is 15.9 Å². The first-order valence-electron chi connectivity index (χ1n) is 4.31. The highest BCUT2D eigenvalue weighted by molar-refractivity contribution is 9.08. The molecular weight excluding hydrogens is 212 g/mol. The van der Waals surface area contributed by atoms with Gasteiger partial charge in [-0.25, -0.2) is 0 Å². The molecule has 12 heavy (non-hydrogen) atoms. The summed E-state index contributed by atoms with van der Waals surface area (Å²) in [6.07, 6.45) is 0. The van der Waals surface area contributed by atoms with Crippen molar-refractivity contribution in [2.75, 3.05) is 0 Å². The van der Waals surface area contributed by atoms with Gasteiger partial charge in [-0.05, 0) is 29.5 Å². The Morgan fingerprint density at radius 3 is 2.42 bits per heavy atom. The second-order valence-electron chi connectivity index (χ2n) is 3.44. The molecule has 1 aromatic rings. The van der Waals surface area contributed by atoms with E-state index in [4.69, 9.17) is 0 Å². The molecule has 0 aliphatic carbocycles. The number of rotatable bonds is 2. The van der Waals surface area contributed by atoms with E-state index in [1.54, 1.807) is 0 Å². The Balaban J connectivity index is 3.20. The van der Waals surface area contributed by atoms with Crippen LogP contribution in [0.4, 0.5) is 0 Å². The fourth-order valence-corrected chi connectivity index (χ4v) is 2.17. The van der Waals surface area contributed by atoms with Crippen LogP contribution in [0.3, 0.4) is 0 Å². The second kappa shape index (κ2) is 4.08. The summed E-state index contributed by atoms with van der Waals surface area (Å²) in [4.78, 5) is 0. The molecular formula is C11H15Br. The average Bonchev–Trinajstić information content (AvgIpc) is 2.03. The topological polar surface area (TPSA) is 0 Å². The third kappa shape index (κ3) is 1.89. The zero-order chi connectivity index (χ0) is 9.14. The van der Waals surface area contributed by atoms with E-state index in [2.05, 4.69) is 54.9 Å². The van der Waals surface area contributed by atoms with Crippen molar-refractivity contribution >= 4 is 15.9 Å². The van der Waals surface area contributed by atoms with Crippen molar-refractivity contribution in [1.29, 1.82) is 0 Å². The van der Waals surface area contributed by atoms with Gasteiger partial charge in [-0.1, -0.05) is 48.0 Å². The van der Waals surface area contributed by atoms with E-state index in [0.717, 1.165) is 5.33 Å². The van der Waals surface area contributed by atoms with Crippen LogP contribution in [-0.4, -0.2) is 0 Å². The zero-order valence-electron chi connectivity index (χ0n) is 7.89. The van der Waals surface area contributed by atoms with Gasteiger partial charge in [0.1, 0.15) is 0 Å². The predicted molar refractivity (Wildman–Crippen MR) is 57.9 cm³/mol. The maximum Gasteiger partial charge on any atom is 0.0285 e. The van der Waals surface area contributed by atoms with E-state index >= 15 is 0 Å². The molecule has 0 amide bonds. The maximum absolute atomic E-state index is 3.51. The Morgan fingerprint density at radius 2 is 2.00 bits per heavy atom. The van der Waals surface area contributed by atoms with Crippen LogP contribution in [0.5, 0.6) is 0 Å². The van der Waals surface area contributed by atoms with E-state index in [0.29, 0.717) is 5.92 Å². The molecule has 1 heteroatoms. The molecule has 0 saturated carbocycles. The van der Waals surface area contributed by atoms with Crippen LogP contribution in [0.15, 0.2) is 18.2 Å². The van der Waals surface area contributed by atoms with E-state index in [9.17, 15) is 0 Å². The number of hydrogen-bond acceptors (Lipinski definition) is 0. The van der Waals surface area contributed by atoms with Crippen LogP contribution in [0.25, 0.3) is 0 Å². The van der Waals surface area contributed by atoms with Crippen LogP contribution in [0.1, 0.15) is 36.5 Å². The molecule has 0 aliphatic heterocycles. The first kappa shape index (κ1) is 9.79. The first-order valence-corrected chi connectivity index (χ1v) is 5.43. The Morgan fingerprint density at radius 1 is 1.33 bits per heavy atom. The summed E-state index contributed by atoms with van der Waals surface area (Å²) in [5, 5.41) is 0.961. The van der Waals surface area contributed by atoms with Gasteiger partial charge in [-0.15, -0.1) is 0 Å². The fourth-order valence-electron chi connectivity index (χ4n) is 1.68. The van der Waals surface area contributed by atoms with Crippen LogP contribution < -0.4 is 0 Å². The molecule has 0 nitrogen and oxygen atoms in total. The number of halogens is 1. The Kier molecular flexibility index (Phi) is 3.33. The van der Waals surface area contributed by atoms with Crippen molar-refractivity contribution in [2.45, 2.75) is 32.0 Å². The molecule has 66 valence electrons. The molecule has 0 heterocycles. The molecule has 0 unspecified atom stereocenters. The maximum atomic E-state index is 3.51. The SMILES string of the molecule is Cc1cccc(CBr)c1C(C)C. The van der Waals surface area contributed by atoms with Crippen molar-refractivity contribution < 1.29 is 0 Å². The fraction of sp³-hybridized carbons (Fsp3) is 0.455. The van der Waals surface area contributed by atoms with Gasteiger partial charge in [-0.2, -0.15) is 0 Å². The molecule has 0 aromatic heterocycles. The average molecular weight is 227 g/mol. The molecule has 0 radical (unpaired) electrons. The number of benzene rings is 1. The van der Waals surface area contributed by atoms with Crippen LogP contribution in [0, 0.1) is 6.92 Å². The first-order chi connectivity index (χ1) is 5.66. The van der Waals surface area contributed by atoms with Gasteiger partial charge >= 0.3 is 0 Å². The summed E-state index contributed by atoms with van der Waals surface area (Å²) < 4.78 is 0. The molecule has 1 rings (SSSR count). The summed E-state index contributed by atoms with van der Waals surface area (Å²) in [7, 11) is 0. The van der Waals surface area contributed by atoms with Crippen molar-refractivity contribution in [3.05, 3.63) is 34.9 Å². The molecule has 0 atom stereocenters. The smallest absolute Gasteiger partial charge is 0.0285 e. The molecule has 0 saturated heterocycles. The summed E-state index contributed by atoms with van der Waals surface area (Å²) >= 11 is 3.51. The quantitative estimate of drug-likeness (QED) is 0.669. The van der Waals surface area contributed by atoms with Gasteiger partial charge in [0.2, 0.25) is 0 Å². The van der Waals surface area contributed by atoms with Crippen LogP contribution in [0.2, 0.25) is 0 Å². The van der Waals surface area contributed by atoms with Gasteiger partial charge in [0, 0.05) is 5.33 Å². The zero-order valence-corrected chi connectivity index (χ0v) is 9.48. The van der Waals surface area contributed by atoms with Crippen molar-refractivity contribution in [2.24, 2.45) is 0 Å². The Bertz CT molecular complexity index is 264. The van der Waals surface area contributed by atoms with Gasteiger partial charge in [-0.3, -0.25) is 0 Å². The third-order valence-corrected chi connectivity index (χ3v) is 2.74. The lowest BCUT2D eigenvalue weighted by atomic mass is 9.94. The minimum atomic E-state index is 0.624. The monoisotopic (exact) mass is 226 g/mol. The molecule has 0 spiro atoms. The Labute approximate surface area is 83.1 Å². The molecule has 0 bridgehead atoms. The van der Waals surface area contributed by atoms with E-state index < -0.39 is 0 Å². The second-order valence-corrected chi connectivity index (χ2v) is 4.00. The van der Waals surface area contributed by atoms with Crippen LogP contribution in [-0.2, 0) is 5.33 Å². The highest BCUT2D eigenvalue weighted by Gasteiger charge is 2.07. The minimum absolute atomic E-state index is 0.624. The van der Waals surface area contributed by atoms with Crippen molar-refractivity contribution in [3.63, 3.8) is 0 Å². The third-order valence-electron chi connectivity index (χ3n) is 2.14. The van der Waals surface area contributed by atoms with E-state index in [1.165, 1.54) is 16.7 Å². The standard InChI is InChI=1S/C11H15Br/c1-8(2)11-9(3)5-4-6-10(11)7-12/h4-6,8H,7H2,1-3H3. The number of hydrogen-bond donors (Lipinski definition) is 0. The largest absolute Gasteiger partial charge is 0.0876 e. The normalized spacial score (nSPS) is 10.8. The van der Waals surface area contributed by atoms with Gasteiger partial charge < -0.3 is 0 Å². The van der Waals surface area contributed by atoms with Gasteiger partial charge in [0.15, 0.2) is 0 Å². The summed E-state index contributed by atoms with van der Waals surface area (Å²) in [6, 6.07) is 6.50. The van der Waals surface area contributed by atoms with E-state index in [-0.39, 0.29) is 0 Å². The molecule has 0 fully saturated rings. The van der Waals surface area contributed by atoms with E-state index in [1.807, 2.05) is 0 Å². The highest BCUT2D eigenvalue weighted by Crippen LogP contribution is 2.24. The van der Waals surface area contributed by atoms with Crippen molar-refractivity contribution in [3.8, 4) is 0 Å². The minimum Gasteiger partial charge on any atom is -0.0876 e. The van der Waals surface area contributed by atoms with Crippen molar-refractivity contribution in [1.82, 2.24) is 0 Å². The summed E-state index contributed by atoms with van der Waals surface area (Å²) in [5.74, 6) is 0.624. The summed E-state index contributed by atoms with van der Waals surface area (Å²) in [5.41, 5.74) is 4.32. The molecule has 0 N–H and O–H groups in total. The molecule has 0 aliphatic rings. The van der Waals surface area contributed by atoms with Gasteiger partial charge in [0.25, 0.3) is 0 Å². The lowest BCUT2D eigenvalue weighted by molar-refractivity contribution is 0.845. The number of aryl methyl sites for hydroxylation is 1.